The van der Waals surface area contributed by atoms with E-state index in [1.165, 1.54) is 18.0 Å². The number of carbonyl (C=O) groups is 1. The van der Waals surface area contributed by atoms with Gasteiger partial charge in [0.2, 0.25) is 0 Å². The molecule has 2 aliphatic rings. The van der Waals surface area contributed by atoms with Gasteiger partial charge in [0.25, 0.3) is 0 Å². The van der Waals surface area contributed by atoms with Crippen LogP contribution in [0.4, 0.5) is 9.80 Å². The fraction of sp³-hybridized carbons (Fsp3) is 0.812. The summed E-state index contributed by atoms with van der Waals surface area (Å²) in [5.41, 5.74) is -0.439. The molecule has 23 heavy (non-hydrogen) atoms. The van der Waals surface area contributed by atoms with E-state index in [0.717, 1.165) is 37.2 Å². The van der Waals surface area contributed by atoms with Gasteiger partial charge in [0, 0.05) is 30.2 Å². The minimum Gasteiger partial charge on any atom is -0.444 e. The summed E-state index contributed by atoms with van der Waals surface area (Å²) in [6.45, 7) is 6.58. The smallest absolute Gasteiger partial charge is 0.410 e. The van der Waals surface area contributed by atoms with E-state index in [-0.39, 0.29) is 12.1 Å². The van der Waals surface area contributed by atoms with E-state index in [2.05, 4.69) is 14.9 Å². The highest BCUT2D eigenvalue weighted by molar-refractivity contribution is 7.09. The number of likely N-dealkylation sites (tertiary alicyclic amines) is 1. The molecule has 1 saturated heterocycles. The summed E-state index contributed by atoms with van der Waals surface area (Å²) in [6.07, 6.45) is 7.26. The molecular weight excluding hydrogens is 312 g/mol. The molecule has 2 heterocycles. The Bertz CT molecular complexity index is 529. The van der Waals surface area contributed by atoms with Crippen LogP contribution in [0.3, 0.4) is 0 Å². The van der Waals surface area contributed by atoms with Crippen LogP contribution in [-0.4, -0.2) is 44.8 Å². The molecule has 1 saturated carbocycles. The first-order valence-corrected chi connectivity index (χ1v) is 9.25. The van der Waals surface area contributed by atoms with Crippen molar-refractivity contribution in [3.8, 4) is 0 Å². The van der Waals surface area contributed by atoms with Gasteiger partial charge in [0.1, 0.15) is 10.6 Å². The number of anilines is 1. The standard InChI is InChI=1S/C16H26N4O2S/c1-16(2,3)22-15(21)20-9-5-8-13(20)11-6-4-7-12(11)18-14-10-17-19-23-14/h10-13,18H,4-9H2,1-3H3. The van der Waals surface area contributed by atoms with Crippen LogP contribution >= 0.6 is 11.5 Å². The number of rotatable bonds is 3. The quantitative estimate of drug-likeness (QED) is 0.913. The van der Waals surface area contributed by atoms with Gasteiger partial charge >= 0.3 is 6.09 Å². The van der Waals surface area contributed by atoms with Gasteiger partial charge in [-0.05, 0) is 52.4 Å². The van der Waals surface area contributed by atoms with Crippen LogP contribution < -0.4 is 5.32 Å². The number of aromatic nitrogens is 2. The van der Waals surface area contributed by atoms with Crippen LogP contribution in [0.15, 0.2) is 6.20 Å². The Labute approximate surface area is 141 Å². The highest BCUT2D eigenvalue weighted by Crippen LogP contribution is 2.38. The fourth-order valence-electron chi connectivity index (χ4n) is 3.83. The average molecular weight is 338 g/mol. The molecule has 6 nitrogen and oxygen atoms in total. The van der Waals surface area contributed by atoms with Gasteiger partial charge in [-0.2, -0.15) is 0 Å². The second-order valence-electron chi connectivity index (χ2n) is 7.51. The fourth-order valence-corrected chi connectivity index (χ4v) is 4.31. The van der Waals surface area contributed by atoms with E-state index in [4.69, 9.17) is 4.74 Å². The van der Waals surface area contributed by atoms with Crippen LogP contribution in [0.2, 0.25) is 0 Å². The van der Waals surface area contributed by atoms with E-state index < -0.39 is 5.60 Å². The highest BCUT2D eigenvalue weighted by atomic mass is 32.1. The lowest BCUT2D eigenvalue weighted by Gasteiger charge is -2.34. The zero-order chi connectivity index (χ0) is 16.4. The molecule has 1 aromatic rings. The predicted molar refractivity (Wildman–Crippen MR) is 90.6 cm³/mol. The first-order valence-electron chi connectivity index (χ1n) is 8.47. The van der Waals surface area contributed by atoms with Crippen LogP contribution in [-0.2, 0) is 4.74 Å². The molecule has 3 atom stereocenters. The van der Waals surface area contributed by atoms with Crippen molar-refractivity contribution in [2.24, 2.45) is 5.92 Å². The molecule has 1 aromatic heterocycles. The van der Waals surface area contributed by atoms with E-state index >= 15 is 0 Å². The second kappa shape index (κ2) is 6.63. The first kappa shape index (κ1) is 16.5. The Morgan fingerprint density at radius 2 is 2.17 bits per heavy atom. The number of hydrogen-bond acceptors (Lipinski definition) is 6. The van der Waals surface area contributed by atoms with E-state index in [0.29, 0.717) is 12.0 Å². The van der Waals surface area contributed by atoms with Gasteiger partial charge in [-0.15, -0.1) is 5.10 Å². The maximum Gasteiger partial charge on any atom is 0.410 e. The maximum atomic E-state index is 12.5. The molecule has 0 bridgehead atoms. The third-order valence-corrected chi connectivity index (χ3v) is 5.28. The Morgan fingerprint density at radius 3 is 2.87 bits per heavy atom. The molecule has 2 fully saturated rings. The van der Waals surface area contributed by atoms with Crippen LogP contribution in [0.5, 0.6) is 0 Å². The molecule has 0 spiro atoms. The van der Waals surface area contributed by atoms with Crippen molar-refractivity contribution >= 4 is 22.6 Å². The van der Waals surface area contributed by atoms with Crippen molar-refractivity contribution < 1.29 is 9.53 Å². The van der Waals surface area contributed by atoms with E-state index in [1.54, 1.807) is 6.20 Å². The number of nitrogens with one attached hydrogen (secondary N) is 1. The molecule has 3 rings (SSSR count). The monoisotopic (exact) mass is 338 g/mol. The molecular formula is C16H26N4O2S. The summed E-state index contributed by atoms with van der Waals surface area (Å²) >= 11 is 1.39. The Morgan fingerprint density at radius 1 is 1.35 bits per heavy atom. The van der Waals surface area contributed by atoms with Crippen molar-refractivity contribution in [2.75, 3.05) is 11.9 Å². The second-order valence-corrected chi connectivity index (χ2v) is 8.30. The number of amides is 1. The summed E-state index contributed by atoms with van der Waals surface area (Å²) in [5, 5.41) is 8.48. The highest BCUT2D eigenvalue weighted by Gasteiger charge is 2.42. The van der Waals surface area contributed by atoms with Crippen molar-refractivity contribution in [1.29, 1.82) is 0 Å². The Balaban J connectivity index is 1.67. The zero-order valence-electron chi connectivity index (χ0n) is 14.1. The minimum atomic E-state index is -0.439. The molecule has 0 aromatic carbocycles. The summed E-state index contributed by atoms with van der Waals surface area (Å²) in [7, 11) is 0. The third-order valence-electron chi connectivity index (χ3n) is 4.68. The van der Waals surface area contributed by atoms with Crippen molar-refractivity contribution in [1.82, 2.24) is 14.5 Å². The van der Waals surface area contributed by atoms with Crippen LogP contribution in [0.1, 0.15) is 52.9 Å². The molecule has 128 valence electrons. The summed E-state index contributed by atoms with van der Waals surface area (Å²) in [5.74, 6) is 0.479. The molecule has 1 aliphatic carbocycles. The number of carbonyl (C=O) groups excluding carboxylic acids is 1. The molecule has 1 aliphatic heterocycles. The number of nitrogens with zero attached hydrogens (tertiary/aromatic N) is 3. The van der Waals surface area contributed by atoms with Crippen LogP contribution in [0, 0.1) is 5.92 Å². The van der Waals surface area contributed by atoms with Gasteiger partial charge in [0.15, 0.2) is 0 Å². The molecule has 7 heteroatoms. The summed E-state index contributed by atoms with van der Waals surface area (Å²) < 4.78 is 9.52. The van der Waals surface area contributed by atoms with Gasteiger partial charge in [-0.25, -0.2) is 4.79 Å². The van der Waals surface area contributed by atoms with Crippen molar-refractivity contribution in [3.63, 3.8) is 0 Å². The van der Waals surface area contributed by atoms with Crippen molar-refractivity contribution in [2.45, 2.75) is 70.6 Å². The van der Waals surface area contributed by atoms with Gasteiger partial charge < -0.3 is 15.0 Å². The topological polar surface area (TPSA) is 67.3 Å². The first-order chi connectivity index (χ1) is 10.9. The molecule has 0 radical (unpaired) electrons. The lowest BCUT2D eigenvalue weighted by atomic mass is 9.92. The summed E-state index contributed by atoms with van der Waals surface area (Å²) in [4.78, 5) is 14.5. The van der Waals surface area contributed by atoms with Gasteiger partial charge in [-0.3, -0.25) is 0 Å². The Hall–Kier alpha value is -1.37. The maximum absolute atomic E-state index is 12.5. The van der Waals surface area contributed by atoms with Gasteiger partial charge in [-0.1, -0.05) is 10.9 Å². The normalized spacial score (nSPS) is 28.1. The van der Waals surface area contributed by atoms with E-state index in [1.807, 2.05) is 25.7 Å². The zero-order valence-corrected chi connectivity index (χ0v) is 14.9. The lowest BCUT2D eigenvalue weighted by Crippen LogP contribution is -2.46. The average Bonchev–Trinajstić information content (AvgIpc) is 3.17. The lowest BCUT2D eigenvalue weighted by molar-refractivity contribution is 0.0175. The number of ether oxygens (including phenoxy) is 1. The molecule has 1 N–H and O–H groups in total. The predicted octanol–water partition coefficient (Wildman–Crippen LogP) is 3.52. The minimum absolute atomic E-state index is 0.162. The SMILES string of the molecule is CC(C)(C)OC(=O)N1CCCC1C1CCCC1Nc1cnns1. The third kappa shape index (κ3) is 3.94. The van der Waals surface area contributed by atoms with Crippen LogP contribution in [0.25, 0.3) is 0 Å². The number of hydrogen-bond donors (Lipinski definition) is 1. The summed E-state index contributed by atoms with van der Waals surface area (Å²) in [6, 6.07) is 0.677. The van der Waals surface area contributed by atoms with Gasteiger partial charge in [0.05, 0.1) is 6.20 Å². The molecule has 1 amide bonds. The van der Waals surface area contributed by atoms with E-state index in [9.17, 15) is 4.79 Å². The molecule has 3 unspecified atom stereocenters. The largest absolute Gasteiger partial charge is 0.444 e. The Kier molecular flexibility index (Phi) is 4.75. The van der Waals surface area contributed by atoms with Crippen molar-refractivity contribution in [3.05, 3.63) is 6.20 Å².